The van der Waals surface area contributed by atoms with Crippen molar-refractivity contribution in [2.24, 2.45) is 0 Å². The molecule has 1 aromatic rings. The number of aliphatic hydroxyl groups is 1. The minimum atomic E-state index is 0.258. The van der Waals surface area contributed by atoms with Crippen LogP contribution in [-0.2, 0) is 6.42 Å². The van der Waals surface area contributed by atoms with Crippen LogP contribution in [0.25, 0.3) is 0 Å². The number of pyridine rings is 1. The lowest BCUT2D eigenvalue weighted by Gasteiger charge is -2.05. The van der Waals surface area contributed by atoms with Crippen LogP contribution in [-0.4, -0.2) is 16.7 Å². The Balaban J connectivity index is 2.13. The maximum absolute atomic E-state index is 8.76. The van der Waals surface area contributed by atoms with Crippen LogP contribution in [0, 0.1) is 6.92 Å². The highest BCUT2D eigenvalue weighted by molar-refractivity contribution is 5.27. The first-order chi connectivity index (χ1) is 6.79. The van der Waals surface area contributed by atoms with E-state index in [0.717, 1.165) is 30.1 Å². The number of nitrogens with zero attached hydrogens (tertiary/aromatic N) is 1. The van der Waals surface area contributed by atoms with Crippen molar-refractivity contribution in [2.45, 2.75) is 38.5 Å². The van der Waals surface area contributed by atoms with E-state index in [-0.39, 0.29) is 6.61 Å². The Labute approximate surface area is 85.0 Å². The summed E-state index contributed by atoms with van der Waals surface area (Å²) in [7, 11) is 0. The van der Waals surface area contributed by atoms with Gasteiger partial charge in [-0.3, -0.25) is 4.98 Å². The molecular formula is C12H17NO. The average molecular weight is 191 g/mol. The van der Waals surface area contributed by atoms with Crippen LogP contribution in [0.15, 0.2) is 12.1 Å². The number of hydrogen-bond donors (Lipinski definition) is 1. The molecule has 1 saturated carbocycles. The molecule has 0 atom stereocenters. The number of rotatable bonds is 4. The highest BCUT2D eigenvalue weighted by Gasteiger charge is 2.23. The Kier molecular flexibility index (Phi) is 2.82. The van der Waals surface area contributed by atoms with Crippen LogP contribution in [0.1, 0.15) is 42.1 Å². The van der Waals surface area contributed by atoms with Gasteiger partial charge in [-0.05, 0) is 56.2 Å². The first-order valence-corrected chi connectivity index (χ1v) is 5.38. The number of aliphatic hydroxyl groups excluding tert-OH is 1. The van der Waals surface area contributed by atoms with Crippen molar-refractivity contribution in [3.8, 4) is 0 Å². The van der Waals surface area contributed by atoms with Gasteiger partial charge in [0, 0.05) is 18.0 Å². The first-order valence-electron chi connectivity index (χ1n) is 5.38. The standard InChI is InChI=1S/C12H17NO/c1-9-7-11(10-4-5-10)8-12(13-9)3-2-6-14/h7-8,10,14H,2-6H2,1H3. The SMILES string of the molecule is Cc1cc(C2CC2)cc(CCCO)n1. The first kappa shape index (κ1) is 9.66. The van der Waals surface area contributed by atoms with Gasteiger partial charge in [0.15, 0.2) is 0 Å². The molecule has 14 heavy (non-hydrogen) atoms. The van der Waals surface area contributed by atoms with Crippen LogP contribution in [0.4, 0.5) is 0 Å². The summed E-state index contributed by atoms with van der Waals surface area (Å²) in [5.41, 5.74) is 3.70. The zero-order chi connectivity index (χ0) is 9.97. The maximum atomic E-state index is 8.76. The second-order valence-corrected chi connectivity index (χ2v) is 4.13. The highest BCUT2D eigenvalue weighted by Crippen LogP contribution is 2.40. The van der Waals surface area contributed by atoms with Gasteiger partial charge in [-0.1, -0.05) is 0 Å². The lowest BCUT2D eigenvalue weighted by atomic mass is 10.1. The molecule has 2 heteroatoms. The third-order valence-corrected chi connectivity index (χ3v) is 2.67. The fourth-order valence-electron chi connectivity index (χ4n) is 1.81. The molecular weight excluding hydrogens is 174 g/mol. The quantitative estimate of drug-likeness (QED) is 0.791. The second kappa shape index (κ2) is 4.09. The van der Waals surface area contributed by atoms with E-state index >= 15 is 0 Å². The van der Waals surface area contributed by atoms with Crippen molar-refractivity contribution >= 4 is 0 Å². The molecule has 1 heterocycles. The van der Waals surface area contributed by atoms with Crippen molar-refractivity contribution in [2.75, 3.05) is 6.61 Å². The van der Waals surface area contributed by atoms with Crippen LogP contribution >= 0.6 is 0 Å². The Morgan fingerprint density at radius 3 is 2.86 bits per heavy atom. The van der Waals surface area contributed by atoms with Crippen molar-refractivity contribution < 1.29 is 5.11 Å². The van der Waals surface area contributed by atoms with Gasteiger partial charge >= 0.3 is 0 Å². The van der Waals surface area contributed by atoms with Gasteiger partial charge in [0.25, 0.3) is 0 Å². The van der Waals surface area contributed by atoms with Gasteiger partial charge in [-0.2, -0.15) is 0 Å². The van der Waals surface area contributed by atoms with Crippen LogP contribution in [0.3, 0.4) is 0 Å². The maximum Gasteiger partial charge on any atom is 0.0434 e. The zero-order valence-corrected chi connectivity index (χ0v) is 8.66. The number of hydrogen-bond acceptors (Lipinski definition) is 2. The summed E-state index contributed by atoms with van der Waals surface area (Å²) in [5.74, 6) is 0.796. The molecule has 1 aliphatic rings. The Morgan fingerprint density at radius 2 is 2.21 bits per heavy atom. The highest BCUT2D eigenvalue weighted by atomic mass is 16.2. The van der Waals surface area contributed by atoms with Crippen molar-refractivity contribution in [1.29, 1.82) is 0 Å². The normalized spacial score (nSPS) is 15.9. The Morgan fingerprint density at radius 1 is 1.43 bits per heavy atom. The largest absolute Gasteiger partial charge is 0.396 e. The summed E-state index contributed by atoms with van der Waals surface area (Å²) in [6.45, 7) is 2.31. The summed E-state index contributed by atoms with van der Waals surface area (Å²) in [6.07, 6.45) is 4.39. The van der Waals surface area contributed by atoms with E-state index in [1.54, 1.807) is 0 Å². The van der Waals surface area contributed by atoms with E-state index in [2.05, 4.69) is 17.1 Å². The molecule has 0 aromatic carbocycles. The number of aromatic nitrogens is 1. The van der Waals surface area contributed by atoms with Gasteiger partial charge in [-0.15, -0.1) is 0 Å². The molecule has 1 aromatic heterocycles. The van der Waals surface area contributed by atoms with Gasteiger partial charge < -0.3 is 5.11 Å². The van der Waals surface area contributed by atoms with Gasteiger partial charge in [0.05, 0.1) is 0 Å². The lowest BCUT2D eigenvalue weighted by molar-refractivity contribution is 0.288. The zero-order valence-electron chi connectivity index (χ0n) is 8.66. The molecule has 0 saturated heterocycles. The van der Waals surface area contributed by atoms with Crippen molar-refractivity contribution in [1.82, 2.24) is 4.98 Å². The summed E-state index contributed by atoms with van der Waals surface area (Å²) >= 11 is 0. The molecule has 0 unspecified atom stereocenters. The number of aryl methyl sites for hydroxylation is 2. The molecule has 1 fully saturated rings. The fourth-order valence-corrected chi connectivity index (χ4v) is 1.81. The monoisotopic (exact) mass is 191 g/mol. The van der Waals surface area contributed by atoms with E-state index in [9.17, 15) is 0 Å². The molecule has 0 amide bonds. The van der Waals surface area contributed by atoms with E-state index < -0.39 is 0 Å². The summed E-state index contributed by atoms with van der Waals surface area (Å²) in [4.78, 5) is 4.47. The third-order valence-electron chi connectivity index (χ3n) is 2.67. The molecule has 2 nitrogen and oxygen atoms in total. The molecule has 0 aliphatic heterocycles. The van der Waals surface area contributed by atoms with Crippen molar-refractivity contribution in [3.05, 3.63) is 29.1 Å². The summed E-state index contributed by atoms with van der Waals surface area (Å²) in [6, 6.07) is 4.40. The molecule has 2 rings (SSSR count). The summed E-state index contributed by atoms with van der Waals surface area (Å²) < 4.78 is 0. The minimum absolute atomic E-state index is 0.258. The van der Waals surface area contributed by atoms with E-state index in [4.69, 9.17) is 5.11 Å². The molecule has 0 radical (unpaired) electrons. The van der Waals surface area contributed by atoms with Crippen LogP contribution in [0.2, 0.25) is 0 Å². The van der Waals surface area contributed by atoms with Gasteiger partial charge in [-0.25, -0.2) is 0 Å². The molecule has 0 bridgehead atoms. The van der Waals surface area contributed by atoms with Crippen LogP contribution in [0.5, 0.6) is 0 Å². The fraction of sp³-hybridized carbons (Fsp3) is 0.583. The average Bonchev–Trinajstić information content (AvgIpc) is 2.97. The molecule has 1 N–H and O–H groups in total. The van der Waals surface area contributed by atoms with Crippen molar-refractivity contribution in [3.63, 3.8) is 0 Å². The minimum Gasteiger partial charge on any atom is -0.396 e. The lowest BCUT2D eigenvalue weighted by Crippen LogP contribution is -1.97. The van der Waals surface area contributed by atoms with Gasteiger partial charge in [0.1, 0.15) is 0 Å². The Bertz CT molecular complexity index is 318. The van der Waals surface area contributed by atoms with Crippen LogP contribution < -0.4 is 0 Å². The predicted molar refractivity (Wildman–Crippen MR) is 56.4 cm³/mol. The van der Waals surface area contributed by atoms with Gasteiger partial charge in [0.2, 0.25) is 0 Å². The Hall–Kier alpha value is -0.890. The van der Waals surface area contributed by atoms with E-state index in [1.807, 2.05) is 6.92 Å². The van der Waals surface area contributed by atoms with E-state index in [0.29, 0.717) is 0 Å². The third kappa shape index (κ3) is 2.32. The predicted octanol–water partition coefficient (Wildman–Crippen LogP) is 2.19. The molecule has 76 valence electrons. The molecule has 0 spiro atoms. The topological polar surface area (TPSA) is 33.1 Å². The second-order valence-electron chi connectivity index (χ2n) is 4.13. The molecule has 1 aliphatic carbocycles. The summed E-state index contributed by atoms with van der Waals surface area (Å²) in [5, 5.41) is 8.76. The van der Waals surface area contributed by atoms with E-state index in [1.165, 1.54) is 18.4 Å². The smallest absolute Gasteiger partial charge is 0.0434 e.